The van der Waals surface area contributed by atoms with Crippen LogP contribution in [-0.2, 0) is 20.8 Å². The highest BCUT2D eigenvalue weighted by Crippen LogP contribution is 2.63. The van der Waals surface area contributed by atoms with Crippen LogP contribution >= 0.6 is 0 Å². The number of ketones is 2. The van der Waals surface area contributed by atoms with E-state index in [2.05, 4.69) is 0 Å². The number of aliphatic hydroxyl groups is 3. The molecule has 0 saturated heterocycles. The zero-order valence-electron chi connectivity index (χ0n) is 23.7. The molecule has 5 N–H and O–H groups in total. The number of hydrogen-bond acceptors (Lipinski definition) is 9. The molecule has 39 heavy (non-hydrogen) atoms. The number of carbonyl (C=O) groups excluding carboxylic acids is 3. The Hall–Kier alpha value is -3.37. The number of benzene rings is 1. The molecule has 1 aromatic rings. The van der Waals surface area contributed by atoms with E-state index in [1.165, 1.54) is 4.90 Å². The van der Waals surface area contributed by atoms with Crippen LogP contribution in [0.3, 0.4) is 0 Å². The molecule has 10 heteroatoms. The minimum Gasteiger partial charge on any atom is -0.508 e. The number of fused-ring (bicyclic) bond motifs is 3. The van der Waals surface area contributed by atoms with Gasteiger partial charge >= 0.3 is 0 Å². The van der Waals surface area contributed by atoms with Gasteiger partial charge < -0.3 is 30.7 Å². The summed E-state index contributed by atoms with van der Waals surface area (Å²) in [6.07, 6.45) is 2.05. The van der Waals surface area contributed by atoms with E-state index in [1.807, 2.05) is 38.9 Å². The van der Waals surface area contributed by atoms with Crippen LogP contribution in [0.2, 0.25) is 0 Å². The molecule has 1 fully saturated rings. The van der Waals surface area contributed by atoms with Crippen molar-refractivity contribution in [2.45, 2.75) is 58.1 Å². The van der Waals surface area contributed by atoms with E-state index in [4.69, 9.17) is 10.5 Å². The molecule has 1 amide bonds. The van der Waals surface area contributed by atoms with E-state index in [-0.39, 0.29) is 17.8 Å². The Kier molecular flexibility index (Phi) is 6.88. The summed E-state index contributed by atoms with van der Waals surface area (Å²) in [5.41, 5.74) is 1.28. The van der Waals surface area contributed by atoms with Gasteiger partial charge in [-0.3, -0.25) is 19.3 Å². The number of hydrogen-bond donors (Lipinski definition) is 4. The molecule has 3 aliphatic rings. The van der Waals surface area contributed by atoms with Crippen molar-refractivity contribution in [1.29, 1.82) is 0 Å². The SMILES string of the molecule is CCCCOc1ccc(N(C)C)c2c1C(O)=C1C(=O)[C@]3(O)C(O)=C(C(N)=O)C(=O)[C@@H](N(C)C)[C@]3(C)C[C@]1(C)C2. The number of ether oxygens (including phenoxy) is 1. The molecule has 4 atom stereocenters. The predicted molar refractivity (Wildman–Crippen MR) is 147 cm³/mol. The first-order chi connectivity index (χ1) is 18.1. The molecule has 0 bridgehead atoms. The van der Waals surface area contributed by atoms with Gasteiger partial charge in [-0.2, -0.15) is 0 Å². The summed E-state index contributed by atoms with van der Waals surface area (Å²) >= 11 is 0. The van der Waals surface area contributed by atoms with Gasteiger partial charge in [-0.05, 0) is 51.1 Å². The Labute approximate surface area is 228 Å². The lowest BCUT2D eigenvalue weighted by molar-refractivity contribution is -0.175. The maximum atomic E-state index is 14.4. The van der Waals surface area contributed by atoms with Crippen molar-refractivity contribution in [3.8, 4) is 5.75 Å². The van der Waals surface area contributed by atoms with Crippen molar-refractivity contribution in [2.24, 2.45) is 16.6 Å². The van der Waals surface area contributed by atoms with Gasteiger partial charge in [0.15, 0.2) is 11.4 Å². The third-order valence-corrected chi connectivity index (χ3v) is 8.71. The number of rotatable bonds is 7. The molecule has 0 aromatic heterocycles. The highest BCUT2D eigenvalue weighted by Gasteiger charge is 2.72. The number of unbranched alkanes of at least 4 members (excludes halogenated alkanes) is 1. The summed E-state index contributed by atoms with van der Waals surface area (Å²) in [6.45, 7) is 5.83. The number of anilines is 1. The first kappa shape index (κ1) is 28.6. The van der Waals surface area contributed by atoms with Gasteiger partial charge in [0.05, 0.1) is 18.2 Å². The van der Waals surface area contributed by atoms with Crippen LogP contribution in [0.4, 0.5) is 5.69 Å². The van der Waals surface area contributed by atoms with E-state index >= 15 is 0 Å². The number of nitrogens with zero attached hydrogens (tertiary/aromatic N) is 2. The fraction of sp³-hybridized carbons (Fsp3) is 0.552. The van der Waals surface area contributed by atoms with Crippen molar-refractivity contribution in [3.63, 3.8) is 0 Å². The first-order valence-corrected chi connectivity index (χ1v) is 13.2. The minimum absolute atomic E-state index is 0.0412. The second kappa shape index (κ2) is 9.38. The average Bonchev–Trinajstić information content (AvgIpc) is 2.80. The number of amides is 1. The first-order valence-electron chi connectivity index (χ1n) is 13.2. The molecular formula is C29H39N3O7. The summed E-state index contributed by atoms with van der Waals surface area (Å²) in [4.78, 5) is 43.6. The molecule has 0 aliphatic heterocycles. The molecule has 1 aromatic carbocycles. The molecule has 4 rings (SSSR count). The van der Waals surface area contributed by atoms with E-state index in [0.717, 1.165) is 24.1 Å². The molecule has 0 heterocycles. The largest absolute Gasteiger partial charge is 0.508 e. The molecule has 1 saturated carbocycles. The molecule has 0 unspecified atom stereocenters. The van der Waals surface area contributed by atoms with Crippen LogP contribution < -0.4 is 15.4 Å². The van der Waals surface area contributed by atoms with Gasteiger partial charge in [-0.25, -0.2) is 0 Å². The highest BCUT2D eigenvalue weighted by molar-refractivity contribution is 6.25. The van der Waals surface area contributed by atoms with Crippen molar-refractivity contribution < 1.29 is 34.4 Å². The molecular weight excluding hydrogens is 502 g/mol. The number of primary amides is 1. The van der Waals surface area contributed by atoms with Crippen LogP contribution in [0.5, 0.6) is 5.75 Å². The standard InChI is InChI=1S/C29H39N3O7/c1-8-9-12-39-17-11-10-16(31(4)5)15-13-27(2)14-28(3)23(32(6)7)22(34)19(26(30)37)24(35)29(28,38)25(36)20(27)21(33)18(15)17/h10-11,23,33,35,38H,8-9,12-14H2,1-7H3,(H2,30,37)/t23-,27+,28+,29-/m1/s1. The number of nitrogens with two attached hydrogens (primary N) is 1. The molecule has 0 radical (unpaired) electrons. The van der Waals surface area contributed by atoms with Crippen molar-refractivity contribution in [1.82, 2.24) is 4.90 Å². The monoisotopic (exact) mass is 541 g/mol. The Morgan fingerprint density at radius 1 is 1.15 bits per heavy atom. The number of carbonyl (C=O) groups is 3. The third-order valence-electron chi connectivity index (χ3n) is 8.71. The zero-order valence-corrected chi connectivity index (χ0v) is 23.7. The van der Waals surface area contributed by atoms with E-state index in [9.17, 15) is 29.7 Å². The van der Waals surface area contributed by atoms with Gasteiger partial charge in [0.1, 0.15) is 22.8 Å². The van der Waals surface area contributed by atoms with Crippen LogP contribution in [0.15, 0.2) is 29.0 Å². The number of likely N-dealkylation sites (N-methyl/N-ethyl adjacent to an activating group) is 1. The van der Waals surface area contributed by atoms with Crippen molar-refractivity contribution in [3.05, 3.63) is 40.2 Å². The quantitative estimate of drug-likeness (QED) is 0.301. The summed E-state index contributed by atoms with van der Waals surface area (Å²) in [5, 5.41) is 35.1. The third kappa shape index (κ3) is 3.79. The lowest BCUT2D eigenvalue weighted by atomic mass is 9.46. The maximum Gasteiger partial charge on any atom is 0.255 e. The second-order valence-electron chi connectivity index (χ2n) is 11.9. The van der Waals surface area contributed by atoms with Gasteiger partial charge in [0, 0.05) is 36.2 Å². The Morgan fingerprint density at radius 3 is 2.33 bits per heavy atom. The lowest BCUT2D eigenvalue weighted by Crippen LogP contribution is -2.72. The molecule has 10 nitrogen and oxygen atoms in total. The van der Waals surface area contributed by atoms with E-state index in [0.29, 0.717) is 24.3 Å². The second-order valence-corrected chi connectivity index (χ2v) is 11.9. The Balaban J connectivity index is 2.05. The summed E-state index contributed by atoms with van der Waals surface area (Å²) < 4.78 is 6.02. The lowest BCUT2D eigenvalue weighted by Gasteiger charge is -2.59. The zero-order chi connectivity index (χ0) is 29.2. The maximum absolute atomic E-state index is 14.4. The topological polar surface area (TPSA) is 154 Å². The fourth-order valence-corrected chi connectivity index (χ4v) is 7.16. The fourth-order valence-electron chi connectivity index (χ4n) is 7.16. The molecule has 3 aliphatic carbocycles. The van der Waals surface area contributed by atoms with Crippen LogP contribution in [0, 0.1) is 10.8 Å². The van der Waals surface area contributed by atoms with E-state index in [1.54, 1.807) is 27.1 Å². The molecule has 212 valence electrons. The van der Waals surface area contributed by atoms with Gasteiger partial charge in [-0.1, -0.05) is 27.2 Å². The minimum atomic E-state index is -2.68. The van der Waals surface area contributed by atoms with Crippen molar-refractivity contribution in [2.75, 3.05) is 39.7 Å². The Bertz CT molecular complexity index is 1330. The molecule has 0 spiro atoms. The number of Topliss-reactive ketones (excluding diaryl/α,β-unsaturated/α-hetero) is 2. The van der Waals surface area contributed by atoms with Gasteiger partial charge in [0.25, 0.3) is 5.91 Å². The normalized spacial score (nSPS) is 30.2. The highest BCUT2D eigenvalue weighted by atomic mass is 16.5. The predicted octanol–water partition coefficient (Wildman–Crippen LogP) is 2.28. The van der Waals surface area contributed by atoms with Gasteiger partial charge in [0.2, 0.25) is 5.78 Å². The Morgan fingerprint density at radius 2 is 1.79 bits per heavy atom. The van der Waals surface area contributed by atoms with Crippen LogP contribution in [0.1, 0.15) is 51.2 Å². The summed E-state index contributed by atoms with van der Waals surface area (Å²) in [7, 11) is 6.97. The number of aliphatic hydroxyl groups excluding tert-OH is 2. The summed E-state index contributed by atoms with van der Waals surface area (Å²) in [5.74, 6) is -3.97. The van der Waals surface area contributed by atoms with Crippen molar-refractivity contribution >= 4 is 28.9 Å². The van der Waals surface area contributed by atoms with E-state index < -0.39 is 51.3 Å². The summed E-state index contributed by atoms with van der Waals surface area (Å²) in [6, 6.07) is 2.51. The average molecular weight is 542 g/mol. The van der Waals surface area contributed by atoms with Crippen LogP contribution in [-0.4, -0.2) is 84.1 Å². The smallest absolute Gasteiger partial charge is 0.255 e. The van der Waals surface area contributed by atoms with Crippen LogP contribution in [0.25, 0.3) is 5.76 Å². The van der Waals surface area contributed by atoms with Gasteiger partial charge in [-0.15, -0.1) is 0 Å².